The first kappa shape index (κ1) is 14.9. The first-order valence-electron chi connectivity index (χ1n) is 5.87. The van der Waals surface area contributed by atoms with Crippen LogP contribution in [0.1, 0.15) is 36.8 Å². The average Bonchev–Trinajstić information content (AvgIpc) is 2.37. The third kappa shape index (κ3) is 2.41. The highest BCUT2D eigenvalue weighted by Crippen LogP contribution is 2.40. The van der Waals surface area contributed by atoms with Gasteiger partial charge in [-0.1, -0.05) is 6.08 Å². The molecule has 1 aromatic carbocycles. The first-order chi connectivity index (χ1) is 9.25. The van der Waals surface area contributed by atoms with Gasteiger partial charge >= 0.3 is 6.18 Å². The van der Waals surface area contributed by atoms with Gasteiger partial charge in [0.25, 0.3) is 0 Å². The maximum Gasteiger partial charge on any atom is 0.422 e. The minimum Gasteiger partial charge on any atom is -0.203 e. The Kier molecular flexibility index (Phi) is 3.80. The fourth-order valence-electron chi connectivity index (χ4n) is 2.23. The molecule has 2 rings (SSSR count). The third-order valence-electron chi connectivity index (χ3n) is 3.16. The molecule has 1 aromatic rings. The van der Waals surface area contributed by atoms with Gasteiger partial charge in [-0.15, -0.1) is 0 Å². The Labute approximate surface area is 109 Å². The molecule has 0 aromatic heterocycles. The summed E-state index contributed by atoms with van der Waals surface area (Å²) in [7, 11) is 0. The molecule has 0 aliphatic heterocycles. The average molecular weight is 298 g/mol. The lowest BCUT2D eigenvalue weighted by Crippen LogP contribution is -2.17. The van der Waals surface area contributed by atoms with Crippen LogP contribution in [0.2, 0.25) is 0 Å². The summed E-state index contributed by atoms with van der Waals surface area (Å²) < 4.78 is 91.5. The van der Waals surface area contributed by atoms with Crippen molar-refractivity contribution >= 4 is 5.57 Å². The van der Waals surface area contributed by atoms with Crippen molar-refractivity contribution in [1.82, 2.24) is 0 Å². The van der Waals surface area contributed by atoms with Crippen LogP contribution in [-0.4, -0.2) is 0 Å². The van der Waals surface area contributed by atoms with Crippen molar-refractivity contribution in [1.29, 1.82) is 0 Å². The molecule has 0 saturated carbocycles. The van der Waals surface area contributed by atoms with Gasteiger partial charge in [-0.05, 0) is 31.3 Å². The Bertz CT molecular complexity index is 540. The SMILES string of the molecule is Fc1c(F)c(C(F)(F)F)c(F)c(F)c1C1=CCCCC1. The molecule has 7 heteroatoms. The van der Waals surface area contributed by atoms with Gasteiger partial charge in [0.1, 0.15) is 5.56 Å². The van der Waals surface area contributed by atoms with Crippen LogP contribution in [0.15, 0.2) is 6.08 Å². The van der Waals surface area contributed by atoms with Gasteiger partial charge in [-0.2, -0.15) is 13.2 Å². The second kappa shape index (κ2) is 5.10. The molecule has 20 heavy (non-hydrogen) atoms. The van der Waals surface area contributed by atoms with E-state index in [2.05, 4.69) is 0 Å². The van der Waals surface area contributed by atoms with Crippen molar-refractivity contribution < 1.29 is 30.7 Å². The second-order valence-corrected chi connectivity index (χ2v) is 4.48. The standard InChI is InChI=1S/C13H9F7/c14-9-7(6-4-2-1-3-5-6)10(15)12(17)8(11(9)16)13(18,19)20/h4H,1-3,5H2. The zero-order valence-corrected chi connectivity index (χ0v) is 10.1. The van der Waals surface area contributed by atoms with Crippen LogP contribution in [0, 0.1) is 23.3 Å². The largest absolute Gasteiger partial charge is 0.422 e. The van der Waals surface area contributed by atoms with Crippen LogP contribution in [-0.2, 0) is 6.18 Å². The van der Waals surface area contributed by atoms with E-state index in [1.807, 2.05) is 0 Å². The lowest BCUT2D eigenvalue weighted by atomic mass is 9.92. The summed E-state index contributed by atoms with van der Waals surface area (Å²) in [6, 6.07) is 0. The highest BCUT2D eigenvalue weighted by atomic mass is 19.4. The van der Waals surface area contributed by atoms with Crippen molar-refractivity contribution in [2.75, 3.05) is 0 Å². The molecular formula is C13H9F7. The van der Waals surface area contributed by atoms with Crippen LogP contribution in [0.4, 0.5) is 30.7 Å². The topological polar surface area (TPSA) is 0 Å². The third-order valence-corrected chi connectivity index (χ3v) is 3.16. The van der Waals surface area contributed by atoms with Crippen LogP contribution >= 0.6 is 0 Å². The number of hydrogen-bond acceptors (Lipinski definition) is 0. The predicted molar refractivity (Wildman–Crippen MR) is 57.7 cm³/mol. The molecule has 0 saturated heterocycles. The summed E-state index contributed by atoms with van der Waals surface area (Å²) in [6.07, 6.45) is -2.20. The fraction of sp³-hybridized carbons (Fsp3) is 0.385. The van der Waals surface area contributed by atoms with Gasteiger partial charge < -0.3 is 0 Å². The quantitative estimate of drug-likeness (QED) is 0.492. The fourth-order valence-corrected chi connectivity index (χ4v) is 2.23. The van der Waals surface area contributed by atoms with Crippen LogP contribution in [0.5, 0.6) is 0 Å². The number of halogens is 7. The molecule has 1 aliphatic carbocycles. The van der Waals surface area contributed by atoms with Crippen molar-refractivity contribution in [3.8, 4) is 0 Å². The molecule has 0 nitrogen and oxygen atoms in total. The maximum atomic E-state index is 13.7. The van der Waals surface area contributed by atoms with Crippen molar-refractivity contribution in [2.24, 2.45) is 0 Å². The zero-order chi connectivity index (χ0) is 15.1. The molecule has 0 fully saturated rings. The Hall–Kier alpha value is -1.53. The lowest BCUT2D eigenvalue weighted by Gasteiger charge is -2.18. The summed E-state index contributed by atoms with van der Waals surface area (Å²) in [5, 5.41) is 0. The molecule has 0 amide bonds. The van der Waals surface area contributed by atoms with E-state index in [4.69, 9.17) is 0 Å². The minimum absolute atomic E-state index is 0.00206. The van der Waals surface area contributed by atoms with E-state index in [1.165, 1.54) is 6.08 Å². The molecule has 0 unspecified atom stereocenters. The Morgan fingerprint density at radius 1 is 0.800 bits per heavy atom. The van der Waals surface area contributed by atoms with Gasteiger partial charge in [0.2, 0.25) is 0 Å². The minimum atomic E-state index is -5.50. The maximum absolute atomic E-state index is 13.7. The second-order valence-electron chi connectivity index (χ2n) is 4.48. The van der Waals surface area contributed by atoms with E-state index in [-0.39, 0.29) is 12.0 Å². The monoisotopic (exact) mass is 298 g/mol. The van der Waals surface area contributed by atoms with Crippen molar-refractivity contribution in [3.05, 3.63) is 40.5 Å². The molecule has 0 spiro atoms. The molecule has 0 bridgehead atoms. The summed E-state index contributed by atoms with van der Waals surface area (Å²) >= 11 is 0. The van der Waals surface area contributed by atoms with Gasteiger partial charge in [-0.25, -0.2) is 17.6 Å². The van der Waals surface area contributed by atoms with Gasteiger partial charge in [-0.3, -0.25) is 0 Å². The first-order valence-corrected chi connectivity index (χ1v) is 5.87. The van der Waals surface area contributed by atoms with E-state index >= 15 is 0 Å². The Balaban J connectivity index is 2.71. The summed E-state index contributed by atoms with van der Waals surface area (Å²) in [5.41, 5.74) is -3.57. The van der Waals surface area contributed by atoms with Gasteiger partial charge in [0.15, 0.2) is 23.3 Å². The molecule has 0 heterocycles. The van der Waals surface area contributed by atoms with Crippen molar-refractivity contribution in [3.63, 3.8) is 0 Å². The highest BCUT2D eigenvalue weighted by molar-refractivity contribution is 5.68. The van der Waals surface area contributed by atoms with Gasteiger partial charge in [0.05, 0.1) is 5.56 Å². The van der Waals surface area contributed by atoms with Crippen LogP contribution < -0.4 is 0 Å². The van der Waals surface area contributed by atoms with Gasteiger partial charge in [0, 0.05) is 0 Å². The molecule has 110 valence electrons. The molecule has 0 N–H and O–H groups in total. The number of alkyl halides is 3. The lowest BCUT2D eigenvalue weighted by molar-refractivity contribution is -0.143. The smallest absolute Gasteiger partial charge is 0.203 e. The van der Waals surface area contributed by atoms with E-state index in [0.29, 0.717) is 12.8 Å². The normalized spacial score (nSPS) is 16.2. The Morgan fingerprint density at radius 3 is 1.75 bits per heavy atom. The van der Waals surface area contributed by atoms with E-state index < -0.39 is 40.6 Å². The summed E-state index contributed by atoms with van der Waals surface area (Å²) in [6.45, 7) is 0. The van der Waals surface area contributed by atoms with Crippen LogP contribution in [0.3, 0.4) is 0 Å². The number of benzene rings is 1. The molecule has 0 radical (unpaired) electrons. The predicted octanol–water partition coefficient (Wildman–Crippen LogP) is 5.22. The molecule has 0 atom stereocenters. The number of allylic oxidation sites excluding steroid dienone is 2. The molecular weight excluding hydrogens is 289 g/mol. The van der Waals surface area contributed by atoms with E-state index in [9.17, 15) is 30.7 Å². The molecule has 1 aliphatic rings. The highest BCUT2D eigenvalue weighted by Gasteiger charge is 2.42. The van der Waals surface area contributed by atoms with Crippen molar-refractivity contribution in [2.45, 2.75) is 31.9 Å². The number of hydrogen-bond donors (Lipinski definition) is 0. The summed E-state index contributed by atoms with van der Waals surface area (Å²) in [4.78, 5) is 0. The van der Waals surface area contributed by atoms with E-state index in [0.717, 1.165) is 6.42 Å². The van der Waals surface area contributed by atoms with E-state index in [1.54, 1.807) is 0 Å². The number of rotatable bonds is 1. The van der Waals surface area contributed by atoms with Crippen LogP contribution in [0.25, 0.3) is 5.57 Å². The zero-order valence-electron chi connectivity index (χ0n) is 10.1. The Morgan fingerprint density at radius 2 is 1.35 bits per heavy atom. The summed E-state index contributed by atoms with van der Waals surface area (Å²) in [5.74, 6) is -8.80.